The van der Waals surface area contributed by atoms with Crippen LogP contribution in [0.2, 0.25) is 0 Å². The molecule has 0 atom stereocenters. The van der Waals surface area contributed by atoms with E-state index < -0.39 is 0 Å². The molecule has 1 aliphatic carbocycles. The highest BCUT2D eigenvalue weighted by molar-refractivity contribution is 5.98. The van der Waals surface area contributed by atoms with Gasteiger partial charge in [-0.25, -0.2) is 0 Å². The molecule has 2 aliphatic rings. The van der Waals surface area contributed by atoms with Crippen LogP contribution in [0.15, 0.2) is 35.8 Å². The Morgan fingerprint density at radius 3 is 2.88 bits per heavy atom. The molecule has 0 bridgehead atoms. The van der Waals surface area contributed by atoms with Gasteiger partial charge < -0.3 is 9.64 Å². The van der Waals surface area contributed by atoms with Crippen molar-refractivity contribution in [1.82, 2.24) is 14.8 Å². The number of methoxy groups -OCH3 is 1. The zero-order valence-electron chi connectivity index (χ0n) is 14.9. The van der Waals surface area contributed by atoms with Crippen molar-refractivity contribution in [2.75, 3.05) is 33.5 Å². The second-order valence-electron chi connectivity index (χ2n) is 7.61. The van der Waals surface area contributed by atoms with E-state index in [0.717, 1.165) is 38.3 Å². The van der Waals surface area contributed by atoms with E-state index in [-0.39, 0.29) is 5.41 Å². The summed E-state index contributed by atoms with van der Waals surface area (Å²) in [6.07, 6.45) is 5.30. The van der Waals surface area contributed by atoms with E-state index in [1.165, 1.54) is 11.3 Å². The van der Waals surface area contributed by atoms with Crippen molar-refractivity contribution >= 4 is 5.78 Å². The van der Waals surface area contributed by atoms with Gasteiger partial charge in [-0.2, -0.15) is 0 Å². The quantitative estimate of drug-likeness (QED) is 0.830. The summed E-state index contributed by atoms with van der Waals surface area (Å²) >= 11 is 0. The highest BCUT2D eigenvalue weighted by Gasteiger charge is 2.38. The number of ketones is 1. The number of hydrogen-bond acceptors (Lipinski definition) is 5. The van der Waals surface area contributed by atoms with E-state index in [4.69, 9.17) is 4.74 Å². The van der Waals surface area contributed by atoms with Crippen LogP contribution in [0.5, 0.6) is 0 Å². The summed E-state index contributed by atoms with van der Waals surface area (Å²) in [4.78, 5) is 21.6. The Morgan fingerprint density at radius 2 is 2.17 bits per heavy atom. The normalized spacial score (nSPS) is 21.1. The third-order valence-electron chi connectivity index (χ3n) is 4.80. The zero-order valence-corrected chi connectivity index (χ0v) is 14.9. The number of nitrogens with zero attached hydrogens (tertiary/aromatic N) is 3. The van der Waals surface area contributed by atoms with Gasteiger partial charge in [-0.3, -0.25) is 14.7 Å². The highest BCUT2D eigenvalue weighted by Crippen LogP contribution is 2.40. The van der Waals surface area contributed by atoms with Crippen molar-refractivity contribution in [1.29, 1.82) is 0 Å². The topological polar surface area (TPSA) is 45.7 Å². The first-order valence-electron chi connectivity index (χ1n) is 8.59. The number of carbonyl (C=O) groups is 1. The number of hydrogen-bond donors (Lipinski definition) is 0. The van der Waals surface area contributed by atoms with Crippen molar-refractivity contribution in [3.63, 3.8) is 0 Å². The van der Waals surface area contributed by atoms with Gasteiger partial charge in [0, 0.05) is 56.8 Å². The molecule has 0 saturated carbocycles. The SMILES string of the molecule is COCCN1CN(Cc2cccnc2)CC2=C1CC(C)(C)CC2=O. The van der Waals surface area contributed by atoms with Gasteiger partial charge in [0.05, 0.1) is 13.3 Å². The maximum atomic E-state index is 12.7. The summed E-state index contributed by atoms with van der Waals surface area (Å²) in [7, 11) is 1.72. The molecule has 0 unspecified atom stereocenters. The Kier molecular flexibility index (Phi) is 5.01. The summed E-state index contributed by atoms with van der Waals surface area (Å²) in [5.41, 5.74) is 3.46. The summed E-state index contributed by atoms with van der Waals surface area (Å²) in [6, 6.07) is 4.04. The average molecular weight is 329 g/mol. The lowest BCUT2D eigenvalue weighted by atomic mass is 9.75. The minimum absolute atomic E-state index is 0.0484. The molecule has 3 rings (SSSR count). The van der Waals surface area contributed by atoms with Crippen molar-refractivity contribution in [3.05, 3.63) is 41.4 Å². The predicted octanol–water partition coefficient (Wildman–Crippen LogP) is 2.45. The molecule has 130 valence electrons. The van der Waals surface area contributed by atoms with Gasteiger partial charge in [0.2, 0.25) is 0 Å². The Labute approximate surface area is 144 Å². The lowest BCUT2D eigenvalue weighted by Gasteiger charge is -2.45. The van der Waals surface area contributed by atoms with E-state index in [0.29, 0.717) is 18.8 Å². The lowest BCUT2D eigenvalue weighted by molar-refractivity contribution is -0.119. The molecule has 2 heterocycles. The molecule has 0 amide bonds. The maximum Gasteiger partial charge on any atom is 0.162 e. The highest BCUT2D eigenvalue weighted by atomic mass is 16.5. The Hall–Kier alpha value is -1.72. The van der Waals surface area contributed by atoms with Crippen molar-refractivity contribution < 1.29 is 9.53 Å². The molecular formula is C19H27N3O2. The van der Waals surface area contributed by atoms with Crippen LogP contribution in [0.4, 0.5) is 0 Å². The molecule has 0 radical (unpaired) electrons. The van der Waals surface area contributed by atoms with E-state index >= 15 is 0 Å². The summed E-state index contributed by atoms with van der Waals surface area (Å²) in [6.45, 7) is 8.25. The van der Waals surface area contributed by atoms with Crippen molar-refractivity contribution in [2.45, 2.75) is 33.2 Å². The first kappa shape index (κ1) is 17.1. The van der Waals surface area contributed by atoms with Crippen molar-refractivity contribution in [2.24, 2.45) is 5.41 Å². The molecule has 0 aromatic carbocycles. The van der Waals surface area contributed by atoms with Crippen LogP contribution in [0.25, 0.3) is 0 Å². The molecule has 1 aliphatic heterocycles. The largest absolute Gasteiger partial charge is 0.383 e. The molecule has 0 saturated heterocycles. The third kappa shape index (κ3) is 3.84. The molecule has 0 N–H and O–H groups in total. The van der Waals surface area contributed by atoms with Crippen LogP contribution in [-0.2, 0) is 16.1 Å². The zero-order chi connectivity index (χ0) is 17.2. The molecule has 1 aromatic rings. The lowest BCUT2D eigenvalue weighted by Crippen LogP contribution is -2.48. The van der Waals surface area contributed by atoms with E-state index in [9.17, 15) is 4.79 Å². The maximum absolute atomic E-state index is 12.7. The third-order valence-corrected chi connectivity index (χ3v) is 4.80. The summed E-state index contributed by atoms with van der Waals surface area (Å²) in [5.74, 6) is 0.305. The average Bonchev–Trinajstić information content (AvgIpc) is 2.54. The number of Topliss-reactive ketones (excluding diaryl/α,β-unsaturated/α-hetero) is 1. The van der Waals surface area contributed by atoms with Crippen molar-refractivity contribution in [3.8, 4) is 0 Å². The van der Waals surface area contributed by atoms with Gasteiger partial charge >= 0.3 is 0 Å². The summed E-state index contributed by atoms with van der Waals surface area (Å²) in [5, 5.41) is 0. The van der Waals surface area contributed by atoms with Crippen LogP contribution in [-0.4, -0.2) is 54.0 Å². The van der Waals surface area contributed by atoms with Gasteiger partial charge in [-0.1, -0.05) is 19.9 Å². The van der Waals surface area contributed by atoms with Gasteiger partial charge in [0.15, 0.2) is 5.78 Å². The molecule has 0 fully saturated rings. The smallest absolute Gasteiger partial charge is 0.162 e. The second kappa shape index (κ2) is 7.03. The van der Waals surface area contributed by atoms with E-state index in [2.05, 4.69) is 34.7 Å². The van der Waals surface area contributed by atoms with Gasteiger partial charge in [-0.15, -0.1) is 0 Å². The monoisotopic (exact) mass is 329 g/mol. The first-order valence-corrected chi connectivity index (χ1v) is 8.59. The minimum Gasteiger partial charge on any atom is -0.383 e. The molecule has 0 spiro atoms. The minimum atomic E-state index is 0.0484. The van der Waals surface area contributed by atoms with Gasteiger partial charge in [0.25, 0.3) is 0 Å². The fraction of sp³-hybridized carbons (Fsp3) is 0.579. The number of pyridine rings is 1. The van der Waals surface area contributed by atoms with Crippen LogP contribution >= 0.6 is 0 Å². The van der Waals surface area contributed by atoms with E-state index in [1.807, 2.05) is 12.3 Å². The van der Waals surface area contributed by atoms with E-state index in [1.54, 1.807) is 13.3 Å². The van der Waals surface area contributed by atoms with Crippen LogP contribution in [0.1, 0.15) is 32.3 Å². The molecule has 5 nitrogen and oxygen atoms in total. The fourth-order valence-electron chi connectivity index (χ4n) is 3.67. The second-order valence-corrected chi connectivity index (χ2v) is 7.61. The Morgan fingerprint density at radius 1 is 1.33 bits per heavy atom. The Bertz CT molecular complexity index is 625. The molecule has 24 heavy (non-hydrogen) atoms. The fourth-order valence-corrected chi connectivity index (χ4v) is 3.67. The standard InChI is InChI=1S/C19H27N3O2/c1-19(2)9-17-16(18(23)10-19)13-21(14-22(17)7-8-24-3)12-15-5-4-6-20-11-15/h4-6,11H,7-10,12-14H2,1-3H3. The van der Waals surface area contributed by atoms with Gasteiger partial charge in [0.1, 0.15) is 0 Å². The van der Waals surface area contributed by atoms with Crippen LogP contribution in [0, 0.1) is 5.41 Å². The van der Waals surface area contributed by atoms with Gasteiger partial charge in [-0.05, 0) is 23.5 Å². The number of rotatable bonds is 5. The number of allylic oxidation sites excluding steroid dienone is 1. The Balaban J connectivity index is 1.83. The predicted molar refractivity (Wildman–Crippen MR) is 93.1 cm³/mol. The molecule has 5 heteroatoms. The number of carbonyl (C=O) groups excluding carboxylic acids is 1. The van der Waals surface area contributed by atoms with Crippen LogP contribution < -0.4 is 0 Å². The number of aromatic nitrogens is 1. The molecular weight excluding hydrogens is 302 g/mol. The van der Waals surface area contributed by atoms with Crippen LogP contribution in [0.3, 0.4) is 0 Å². The number of ether oxygens (including phenoxy) is 1. The summed E-state index contributed by atoms with van der Waals surface area (Å²) < 4.78 is 5.28. The molecule has 1 aromatic heterocycles. The first-order chi connectivity index (χ1) is 11.5.